The molecule has 0 bridgehead atoms. The number of unbranched alkanes of at least 4 members (excludes halogenated alkanes) is 2. The predicted octanol–water partition coefficient (Wildman–Crippen LogP) is 5.89. The summed E-state index contributed by atoms with van der Waals surface area (Å²) in [6.07, 6.45) is 12.3. The molecule has 1 atom stereocenters. The number of anilines is 1. The molecule has 1 aliphatic rings. The summed E-state index contributed by atoms with van der Waals surface area (Å²) < 4.78 is 0. The van der Waals surface area contributed by atoms with Crippen molar-refractivity contribution in [1.82, 2.24) is 5.32 Å². The Hall–Kier alpha value is -1.68. The van der Waals surface area contributed by atoms with Crippen LogP contribution in [0.5, 0.6) is 0 Å². The number of hydrogen-bond donors (Lipinski definition) is 1. The van der Waals surface area contributed by atoms with Crippen LogP contribution in [0.1, 0.15) is 47.0 Å². The van der Waals surface area contributed by atoms with E-state index in [9.17, 15) is 0 Å². The third kappa shape index (κ3) is 7.10. The third-order valence-electron chi connectivity index (χ3n) is 4.71. The normalized spacial score (nSPS) is 17.0. The van der Waals surface area contributed by atoms with E-state index >= 15 is 0 Å². The van der Waals surface area contributed by atoms with Crippen molar-refractivity contribution in [2.75, 3.05) is 24.2 Å². The Bertz CT molecular complexity index is 676. The van der Waals surface area contributed by atoms with Gasteiger partial charge in [-0.2, -0.15) is 0 Å². The van der Waals surface area contributed by atoms with Crippen LogP contribution in [-0.2, 0) is 0 Å². The van der Waals surface area contributed by atoms with E-state index in [1.165, 1.54) is 35.5 Å². The Labute approximate surface area is 170 Å². The molecule has 1 N–H and O–H groups in total. The molecule has 0 saturated carbocycles. The van der Waals surface area contributed by atoms with Gasteiger partial charge in [0.2, 0.25) is 0 Å². The molecular formula is C23H35N3S. The van der Waals surface area contributed by atoms with Gasteiger partial charge in [0.15, 0.2) is 0 Å². The molecule has 2 rings (SSSR count). The molecule has 4 heteroatoms. The zero-order chi connectivity index (χ0) is 19.6. The lowest BCUT2D eigenvalue weighted by Gasteiger charge is -2.30. The van der Waals surface area contributed by atoms with Gasteiger partial charge in [0.05, 0.1) is 12.6 Å². The number of rotatable bonds is 10. The van der Waals surface area contributed by atoms with Gasteiger partial charge in [-0.3, -0.25) is 4.99 Å². The van der Waals surface area contributed by atoms with Crippen molar-refractivity contribution in [3.63, 3.8) is 0 Å². The van der Waals surface area contributed by atoms with E-state index < -0.39 is 0 Å². The molecule has 0 aromatic heterocycles. The Morgan fingerprint density at radius 3 is 2.81 bits per heavy atom. The molecule has 0 saturated heterocycles. The van der Waals surface area contributed by atoms with Gasteiger partial charge in [-0.1, -0.05) is 51.8 Å². The SMILES string of the molecule is CCCCCN(CC1=CN=C(C)C(/C=C/C(C)C)N1)c1cccc(SC)c1. The molecule has 0 spiro atoms. The average molecular weight is 386 g/mol. The van der Waals surface area contributed by atoms with E-state index in [1.54, 1.807) is 11.8 Å². The first-order valence-corrected chi connectivity index (χ1v) is 11.3. The van der Waals surface area contributed by atoms with Crippen molar-refractivity contribution < 1.29 is 0 Å². The molecular weight excluding hydrogens is 350 g/mol. The highest BCUT2D eigenvalue weighted by Crippen LogP contribution is 2.23. The van der Waals surface area contributed by atoms with E-state index in [0.29, 0.717) is 5.92 Å². The minimum Gasteiger partial charge on any atom is -0.374 e. The monoisotopic (exact) mass is 385 g/mol. The minimum atomic E-state index is 0.197. The number of thioether (sulfide) groups is 1. The van der Waals surface area contributed by atoms with Crippen LogP contribution in [0.2, 0.25) is 0 Å². The number of allylic oxidation sites excluding steroid dienone is 1. The van der Waals surface area contributed by atoms with Gasteiger partial charge in [0.1, 0.15) is 0 Å². The maximum Gasteiger partial charge on any atom is 0.0825 e. The van der Waals surface area contributed by atoms with Crippen LogP contribution in [0.15, 0.2) is 58.2 Å². The minimum absolute atomic E-state index is 0.197. The topological polar surface area (TPSA) is 27.6 Å². The van der Waals surface area contributed by atoms with E-state index in [0.717, 1.165) is 18.8 Å². The third-order valence-corrected chi connectivity index (χ3v) is 5.44. The van der Waals surface area contributed by atoms with Crippen LogP contribution >= 0.6 is 11.8 Å². The maximum absolute atomic E-state index is 4.66. The molecule has 0 aliphatic carbocycles. The molecule has 3 nitrogen and oxygen atoms in total. The fourth-order valence-corrected chi connectivity index (χ4v) is 3.53. The molecule has 1 heterocycles. The van der Waals surface area contributed by atoms with Gasteiger partial charge < -0.3 is 10.2 Å². The van der Waals surface area contributed by atoms with Crippen LogP contribution < -0.4 is 10.2 Å². The second-order valence-electron chi connectivity index (χ2n) is 7.51. The molecule has 0 fully saturated rings. The second-order valence-corrected chi connectivity index (χ2v) is 8.39. The first kappa shape index (κ1) is 21.6. The average Bonchev–Trinajstić information content (AvgIpc) is 2.67. The smallest absolute Gasteiger partial charge is 0.0825 e. The van der Waals surface area contributed by atoms with Crippen molar-refractivity contribution in [3.8, 4) is 0 Å². The molecule has 0 radical (unpaired) electrons. The molecule has 27 heavy (non-hydrogen) atoms. The molecule has 0 amide bonds. The van der Waals surface area contributed by atoms with Crippen molar-refractivity contribution in [1.29, 1.82) is 0 Å². The van der Waals surface area contributed by atoms with E-state index in [1.807, 2.05) is 6.20 Å². The summed E-state index contributed by atoms with van der Waals surface area (Å²) in [5.41, 5.74) is 3.60. The van der Waals surface area contributed by atoms with Gasteiger partial charge in [0.25, 0.3) is 0 Å². The highest BCUT2D eigenvalue weighted by atomic mass is 32.2. The van der Waals surface area contributed by atoms with E-state index in [4.69, 9.17) is 0 Å². The van der Waals surface area contributed by atoms with Crippen molar-refractivity contribution in [2.24, 2.45) is 10.9 Å². The summed E-state index contributed by atoms with van der Waals surface area (Å²) in [4.78, 5) is 8.45. The van der Waals surface area contributed by atoms with Crippen LogP contribution in [0.3, 0.4) is 0 Å². The van der Waals surface area contributed by atoms with Crippen molar-refractivity contribution in [3.05, 3.63) is 48.3 Å². The van der Waals surface area contributed by atoms with E-state index in [2.05, 4.69) is 85.6 Å². The van der Waals surface area contributed by atoms with Crippen molar-refractivity contribution in [2.45, 2.75) is 57.9 Å². The zero-order valence-corrected chi connectivity index (χ0v) is 18.4. The number of hydrogen-bond acceptors (Lipinski definition) is 4. The first-order chi connectivity index (χ1) is 13.0. The van der Waals surface area contributed by atoms with Gasteiger partial charge >= 0.3 is 0 Å². The largest absolute Gasteiger partial charge is 0.374 e. The van der Waals surface area contributed by atoms with Gasteiger partial charge in [0, 0.05) is 34.7 Å². The summed E-state index contributed by atoms with van der Waals surface area (Å²) in [5.74, 6) is 0.550. The maximum atomic E-state index is 4.66. The first-order valence-electron chi connectivity index (χ1n) is 10.1. The Morgan fingerprint density at radius 1 is 1.30 bits per heavy atom. The fourth-order valence-electron chi connectivity index (χ4n) is 3.07. The second kappa shape index (κ2) is 11.2. The van der Waals surface area contributed by atoms with Crippen LogP contribution in [0.25, 0.3) is 0 Å². The molecule has 1 aliphatic heterocycles. The molecule has 1 aromatic rings. The predicted molar refractivity (Wildman–Crippen MR) is 122 cm³/mol. The Balaban J connectivity index is 2.14. The Kier molecular flexibility index (Phi) is 8.99. The number of benzene rings is 1. The highest BCUT2D eigenvalue weighted by molar-refractivity contribution is 7.98. The number of aliphatic imine (C=N–C) groups is 1. The van der Waals surface area contributed by atoms with Gasteiger partial charge in [-0.15, -0.1) is 11.8 Å². The molecule has 1 aromatic carbocycles. The van der Waals surface area contributed by atoms with Crippen LogP contribution in [-0.4, -0.2) is 31.1 Å². The highest BCUT2D eigenvalue weighted by Gasteiger charge is 2.17. The van der Waals surface area contributed by atoms with Crippen LogP contribution in [0.4, 0.5) is 5.69 Å². The molecule has 1 unspecified atom stereocenters. The van der Waals surface area contributed by atoms with Crippen molar-refractivity contribution >= 4 is 23.2 Å². The lowest BCUT2D eigenvalue weighted by atomic mass is 10.1. The summed E-state index contributed by atoms with van der Waals surface area (Å²) in [5, 5.41) is 3.67. The summed E-state index contributed by atoms with van der Waals surface area (Å²) >= 11 is 1.80. The standard InChI is InChI=1S/C23H35N3S/c1-6-7-8-14-26(21-10-9-11-22(15-21)27-5)17-20-16-24-19(4)23(25-20)13-12-18(2)3/h9-13,15-16,18,23,25H,6-8,14,17H2,1-5H3/b13-12+. The zero-order valence-electron chi connectivity index (χ0n) is 17.5. The lowest BCUT2D eigenvalue weighted by Crippen LogP contribution is -2.40. The van der Waals surface area contributed by atoms with Gasteiger partial charge in [-0.05, 0) is 43.7 Å². The molecule has 148 valence electrons. The quantitative estimate of drug-likeness (QED) is 0.309. The fraction of sp³-hybridized carbons (Fsp3) is 0.522. The number of nitrogens with zero attached hydrogens (tertiary/aromatic N) is 2. The summed E-state index contributed by atoms with van der Waals surface area (Å²) in [7, 11) is 0. The summed E-state index contributed by atoms with van der Waals surface area (Å²) in [6, 6.07) is 9.05. The summed E-state index contributed by atoms with van der Waals surface area (Å²) in [6.45, 7) is 10.7. The number of nitrogens with one attached hydrogen (secondary N) is 1. The van der Waals surface area contributed by atoms with Gasteiger partial charge in [-0.25, -0.2) is 0 Å². The lowest BCUT2D eigenvalue weighted by molar-refractivity contribution is 0.667. The van der Waals surface area contributed by atoms with Crippen LogP contribution in [0, 0.1) is 5.92 Å². The Morgan fingerprint density at radius 2 is 2.11 bits per heavy atom. The van der Waals surface area contributed by atoms with E-state index in [-0.39, 0.29) is 6.04 Å².